The molecule has 21 heavy (non-hydrogen) atoms. The zero-order chi connectivity index (χ0) is 15.4. The first kappa shape index (κ1) is 15.7. The molecule has 3 N–H and O–H groups in total. The van der Waals surface area contributed by atoms with Crippen molar-refractivity contribution in [3.63, 3.8) is 0 Å². The maximum atomic E-state index is 13.1. The maximum absolute atomic E-state index is 13.1. The van der Waals surface area contributed by atoms with Crippen molar-refractivity contribution in [3.8, 4) is 0 Å². The summed E-state index contributed by atoms with van der Waals surface area (Å²) in [5, 5.41) is 2.77. The Labute approximate surface area is 124 Å². The second-order valence-electron chi connectivity index (χ2n) is 5.37. The Morgan fingerprint density at radius 2 is 2.14 bits per heavy atom. The molecular formula is C15H22FN3O2. The van der Waals surface area contributed by atoms with Crippen molar-refractivity contribution in [2.45, 2.75) is 31.9 Å². The topological polar surface area (TPSA) is 67.6 Å². The van der Waals surface area contributed by atoms with Gasteiger partial charge in [-0.1, -0.05) is 0 Å². The Kier molecular flexibility index (Phi) is 5.14. The van der Waals surface area contributed by atoms with Gasteiger partial charge in [-0.05, 0) is 38.0 Å². The van der Waals surface area contributed by atoms with Crippen LogP contribution in [0.25, 0.3) is 0 Å². The van der Waals surface area contributed by atoms with Crippen molar-refractivity contribution >= 4 is 17.3 Å². The molecule has 0 bridgehead atoms. The van der Waals surface area contributed by atoms with E-state index in [1.54, 1.807) is 7.11 Å². The van der Waals surface area contributed by atoms with E-state index in [2.05, 4.69) is 10.2 Å². The zero-order valence-corrected chi connectivity index (χ0v) is 12.4. The van der Waals surface area contributed by atoms with E-state index in [0.29, 0.717) is 5.69 Å². The van der Waals surface area contributed by atoms with Crippen LogP contribution >= 0.6 is 0 Å². The van der Waals surface area contributed by atoms with Crippen LogP contribution in [0.1, 0.15) is 19.8 Å². The first-order valence-electron chi connectivity index (χ1n) is 7.14. The first-order chi connectivity index (χ1) is 10.0. The van der Waals surface area contributed by atoms with Gasteiger partial charge in [0.15, 0.2) is 0 Å². The molecule has 6 heteroatoms. The maximum Gasteiger partial charge on any atom is 0.241 e. The van der Waals surface area contributed by atoms with Crippen LogP contribution < -0.4 is 11.1 Å². The summed E-state index contributed by atoms with van der Waals surface area (Å²) in [7, 11) is 1.72. The molecule has 0 aromatic heterocycles. The lowest BCUT2D eigenvalue weighted by Crippen LogP contribution is -2.47. The lowest BCUT2D eigenvalue weighted by atomic mass is 10.1. The number of nitrogens with one attached hydrogen (secondary N) is 1. The number of nitrogens with zero attached hydrogens (tertiary/aromatic N) is 1. The van der Waals surface area contributed by atoms with Crippen LogP contribution in [-0.2, 0) is 9.53 Å². The highest BCUT2D eigenvalue weighted by atomic mass is 19.1. The average molecular weight is 295 g/mol. The third-order valence-electron chi connectivity index (χ3n) is 4.00. The quantitative estimate of drug-likeness (QED) is 0.832. The van der Waals surface area contributed by atoms with Gasteiger partial charge in [-0.3, -0.25) is 9.69 Å². The highest BCUT2D eigenvalue weighted by Gasteiger charge is 2.26. The Bertz CT molecular complexity index is 502. The summed E-state index contributed by atoms with van der Waals surface area (Å²) in [5.41, 5.74) is 6.04. The Balaban J connectivity index is 1.92. The van der Waals surface area contributed by atoms with Crippen LogP contribution in [0.3, 0.4) is 0 Å². The summed E-state index contributed by atoms with van der Waals surface area (Å²) in [4.78, 5) is 14.4. The molecule has 1 unspecified atom stereocenters. The average Bonchev–Trinajstić information content (AvgIpc) is 2.50. The van der Waals surface area contributed by atoms with E-state index in [-0.39, 0.29) is 23.7 Å². The molecule has 116 valence electrons. The number of likely N-dealkylation sites (tertiary alicyclic amines) is 1. The van der Waals surface area contributed by atoms with Gasteiger partial charge >= 0.3 is 0 Å². The minimum atomic E-state index is -0.484. The van der Waals surface area contributed by atoms with E-state index < -0.39 is 5.82 Å². The van der Waals surface area contributed by atoms with Crippen molar-refractivity contribution in [1.29, 1.82) is 0 Å². The van der Waals surface area contributed by atoms with Crippen molar-refractivity contribution in [2.24, 2.45) is 0 Å². The molecule has 1 aromatic carbocycles. The number of nitrogens with two attached hydrogens (primary N) is 1. The van der Waals surface area contributed by atoms with Crippen molar-refractivity contribution < 1.29 is 13.9 Å². The molecule has 1 aromatic rings. The second kappa shape index (κ2) is 6.87. The fourth-order valence-electron chi connectivity index (χ4n) is 2.53. The van der Waals surface area contributed by atoms with Crippen LogP contribution in [-0.4, -0.2) is 43.2 Å². The number of amides is 1. The number of hydrogen-bond donors (Lipinski definition) is 2. The van der Waals surface area contributed by atoms with Gasteiger partial charge in [0.1, 0.15) is 5.82 Å². The van der Waals surface area contributed by atoms with Gasteiger partial charge in [-0.2, -0.15) is 0 Å². The van der Waals surface area contributed by atoms with Gasteiger partial charge in [0.05, 0.1) is 17.8 Å². The number of piperidine rings is 1. The lowest BCUT2D eigenvalue weighted by Gasteiger charge is -2.34. The number of ether oxygens (including phenoxy) is 1. The monoisotopic (exact) mass is 295 g/mol. The van der Waals surface area contributed by atoms with Crippen LogP contribution in [0.15, 0.2) is 18.2 Å². The second-order valence-corrected chi connectivity index (χ2v) is 5.37. The molecule has 2 rings (SSSR count). The molecule has 5 nitrogen and oxygen atoms in total. The molecule has 1 heterocycles. The molecule has 1 atom stereocenters. The molecular weight excluding hydrogens is 273 g/mol. The summed E-state index contributed by atoms with van der Waals surface area (Å²) in [6.07, 6.45) is 2.14. The molecule has 0 spiro atoms. The number of rotatable bonds is 4. The molecule has 1 aliphatic rings. The predicted octanol–water partition coefficient (Wildman–Crippen LogP) is 1.85. The standard InChI is InChI=1S/C15H22FN3O2/c1-10(19-7-5-12(21-2)6-8-19)15(20)18-11-3-4-13(16)14(17)9-11/h3-4,9-10,12H,5-8,17H2,1-2H3,(H,18,20). The number of carbonyl (C=O) groups is 1. The van der Waals surface area contributed by atoms with E-state index in [1.165, 1.54) is 18.2 Å². The number of nitrogen functional groups attached to an aromatic ring is 1. The normalized spacial score (nSPS) is 18.4. The number of halogens is 1. The van der Waals surface area contributed by atoms with Crippen molar-refractivity contribution in [2.75, 3.05) is 31.2 Å². The first-order valence-corrected chi connectivity index (χ1v) is 7.14. The summed E-state index contributed by atoms with van der Waals surface area (Å²) in [6, 6.07) is 3.94. The number of benzene rings is 1. The van der Waals surface area contributed by atoms with Gasteiger partial charge in [0.2, 0.25) is 5.91 Å². The Morgan fingerprint density at radius 1 is 1.48 bits per heavy atom. The molecule has 1 fully saturated rings. The van der Waals surface area contributed by atoms with Gasteiger partial charge in [0, 0.05) is 25.9 Å². The lowest BCUT2D eigenvalue weighted by molar-refractivity contribution is -0.121. The van der Waals surface area contributed by atoms with Crippen molar-refractivity contribution in [3.05, 3.63) is 24.0 Å². The SMILES string of the molecule is COC1CCN(C(C)C(=O)Nc2ccc(F)c(N)c2)CC1. The van der Waals surface area contributed by atoms with E-state index in [0.717, 1.165) is 25.9 Å². The van der Waals surface area contributed by atoms with Gasteiger partial charge in [0.25, 0.3) is 0 Å². The highest BCUT2D eigenvalue weighted by molar-refractivity contribution is 5.94. The summed E-state index contributed by atoms with van der Waals surface area (Å²) < 4.78 is 18.4. The molecule has 1 saturated heterocycles. The highest BCUT2D eigenvalue weighted by Crippen LogP contribution is 2.19. The fourth-order valence-corrected chi connectivity index (χ4v) is 2.53. The van der Waals surface area contributed by atoms with Crippen molar-refractivity contribution in [1.82, 2.24) is 4.90 Å². The molecule has 0 aliphatic carbocycles. The number of anilines is 2. The fraction of sp³-hybridized carbons (Fsp3) is 0.533. The van der Waals surface area contributed by atoms with Crippen LogP contribution in [0.5, 0.6) is 0 Å². The minimum absolute atomic E-state index is 0.0290. The third-order valence-corrected chi connectivity index (χ3v) is 4.00. The zero-order valence-electron chi connectivity index (χ0n) is 12.4. The van der Waals surface area contributed by atoms with Crippen LogP contribution in [0.4, 0.5) is 15.8 Å². The number of carbonyl (C=O) groups excluding carboxylic acids is 1. The summed E-state index contributed by atoms with van der Waals surface area (Å²) in [5.74, 6) is -0.598. The molecule has 1 aliphatic heterocycles. The van der Waals surface area contributed by atoms with E-state index in [1.807, 2.05) is 6.92 Å². The van der Waals surface area contributed by atoms with E-state index in [4.69, 9.17) is 10.5 Å². The molecule has 0 saturated carbocycles. The number of methoxy groups -OCH3 is 1. The minimum Gasteiger partial charge on any atom is -0.396 e. The van der Waals surface area contributed by atoms with Crippen LogP contribution in [0.2, 0.25) is 0 Å². The van der Waals surface area contributed by atoms with Gasteiger partial charge in [-0.25, -0.2) is 4.39 Å². The van der Waals surface area contributed by atoms with E-state index in [9.17, 15) is 9.18 Å². The van der Waals surface area contributed by atoms with Gasteiger partial charge in [-0.15, -0.1) is 0 Å². The largest absolute Gasteiger partial charge is 0.396 e. The van der Waals surface area contributed by atoms with Gasteiger partial charge < -0.3 is 15.8 Å². The predicted molar refractivity (Wildman–Crippen MR) is 80.5 cm³/mol. The van der Waals surface area contributed by atoms with E-state index >= 15 is 0 Å². The third kappa shape index (κ3) is 3.92. The summed E-state index contributed by atoms with van der Waals surface area (Å²) in [6.45, 7) is 3.53. The number of hydrogen-bond acceptors (Lipinski definition) is 4. The smallest absolute Gasteiger partial charge is 0.241 e. The molecule has 1 amide bonds. The molecule has 0 radical (unpaired) electrons. The summed E-state index contributed by atoms with van der Waals surface area (Å²) >= 11 is 0. The Morgan fingerprint density at radius 3 is 2.71 bits per heavy atom. The Hall–Kier alpha value is -1.66. The van der Waals surface area contributed by atoms with Crippen LogP contribution in [0, 0.1) is 5.82 Å².